The molecule has 0 saturated heterocycles. The molecule has 3 aromatic rings. The number of fused-ring (bicyclic) bond motifs is 1. The van der Waals surface area contributed by atoms with E-state index in [1.165, 1.54) is 6.20 Å². The van der Waals surface area contributed by atoms with Crippen molar-refractivity contribution in [2.45, 2.75) is 0 Å². The maximum Gasteiger partial charge on any atom is 0.231 e. The molecule has 0 amide bonds. The molecule has 134 valence electrons. The summed E-state index contributed by atoms with van der Waals surface area (Å²) < 4.78 is 10.6. The van der Waals surface area contributed by atoms with E-state index < -0.39 is 0 Å². The standard InChI is InChI=1S/C11H7Cl2N3O2.C4H2Cl2N2/c12-6-3-7(10-8(4-6)17-5-18-10)15-9-1-2-14-11(13)16-9;5-3-1-2-7-4(6)8-3/h1-4H,5H2,(H,14,15,16);1-2H. The highest BCUT2D eigenvalue weighted by atomic mass is 35.5. The molecule has 1 aromatic carbocycles. The van der Waals surface area contributed by atoms with Crippen molar-refractivity contribution in [1.29, 1.82) is 0 Å². The molecule has 2 aromatic heterocycles. The third-order valence-corrected chi connectivity index (χ3v) is 3.71. The van der Waals surface area contributed by atoms with Gasteiger partial charge in [0.05, 0.1) is 5.69 Å². The first-order valence-corrected chi connectivity index (χ1v) is 8.51. The number of nitrogens with one attached hydrogen (secondary N) is 1. The average molecular weight is 433 g/mol. The SMILES string of the molecule is Clc1cc(Nc2ccnc(Cl)n2)c2c(c1)OCO2.Clc1ccnc(Cl)n1. The molecule has 3 heterocycles. The molecule has 0 aliphatic carbocycles. The van der Waals surface area contributed by atoms with E-state index in [4.69, 9.17) is 55.9 Å². The Kier molecular flexibility index (Phi) is 6.16. The Morgan fingerprint density at radius 2 is 1.62 bits per heavy atom. The summed E-state index contributed by atoms with van der Waals surface area (Å²) in [5, 5.41) is 4.31. The summed E-state index contributed by atoms with van der Waals surface area (Å²) in [4.78, 5) is 15.0. The number of nitrogens with zero attached hydrogens (tertiary/aromatic N) is 4. The highest BCUT2D eigenvalue weighted by molar-refractivity contribution is 6.31. The van der Waals surface area contributed by atoms with Crippen molar-refractivity contribution in [2.75, 3.05) is 12.1 Å². The lowest BCUT2D eigenvalue weighted by Gasteiger charge is -2.09. The highest BCUT2D eigenvalue weighted by Gasteiger charge is 2.19. The van der Waals surface area contributed by atoms with Crippen LogP contribution < -0.4 is 14.8 Å². The molecule has 1 aliphatic rings. The fourth-order valence-corrected chi connectivity index (χ4v) is 2.61. The Labute approximate surface area is 168 Å². The molecule has 0 saturated carbocycles. The molecule has 4 rings (SSSR count). The second-order valence-corrected chi connectivity index (χ2v) is 6.17. The smallest absolute Gasteiger partial charge is 0.231 e. The normalized spacial score (nSPS) is 11.5. The summed E-state index contributed by atoms with van der Waals surface area (Å²) in [5.74, 6) is 1.76. The van der Waals surface area contributed by atoms with E-state index in [1.807, 2.05) is 0 Å². The zero-order valence-corrected chi connectivity index (χ0v) is 15.8. The second kappa shape index (κ2) is 8.55. The van der Waals surface area contributed by atoms with E-state index in [1.54, 1.807) is 30.5 Å². The van der Waals surface area contributed by atoms with Crippen LogP contribution in [-0.2, 0) is 0 Å². The molecule has 26 heavy (non-hydrogen) atoms. The molecule has 0 atom stereocenters. The number of anilines is 2. The minimum atomic E-state index is 0.163. The van der Waals surface area contributed by atoms with Crippen LogP contribution in [0.3, 0.4) is 0 Å². The number of hydrogen-bond acceptors (Lipinski definition) is 7. The van der Waals surface area contributed by atoms with Crippen LogP contribution in [0.4, 0.5) is 11.5 Å². The number of halogens is 4. The van der Waals surface area contributed by atoms with Gasteiger partial charge in [0.2, 0.25) is 17.4 Å². The molecular formula is C15H9Cl4N5O2. The van der Waals surface area contributed by atoms with E-state index in [0.29, 0.717) is 33.2 Å². The van der Waals surface area contributed by atoms with Crippen LogP contribution in [0.25, 0.3) is 0 Å². The van der Waals surface area contributed by atoms with Crippen LogP contribution in [0.5, 0.6) is 11.5 Å². The van der Waals surface area contributed by atoms with Crippen LogP contribution in [-0.4, -0.2) is 26.7 Å². The maximum absolute atomic E-state index is 5.99. The average Bonchev–Trinajstić information content (AvgIpc) is 3.03. The van der Waals surface area contributed by atoms with Gasteiger partial charge in [0.1, 0.15) is 11.0 Å². The molecule has 0 radical (unpaired) electrons. The Bertz CT molecular complexity index is 911. The highest BCUT2D eigenvalue weighted by Crippen LogP contribution is 2.42. The van der Waals surface area contributed by atoms with Gasteiger partial charge in [-0.1, -0.05) is 23.2 Å². The fraction of sp³-hybridized carbons (Fsp3) is 0.0667. The van der Waals surface area contributed by atoms with Crippen molar-refractivity contribution in [3.63, 3.8) is 0 Å². The lowest BCUT2D eigenvalue weighted by Crippen LogP contribution is -1.97. The van der Waals surface area contributed by atoms with Crippen molar-refractivity contribution in [1.82, 2.24) is 19.9 Å². The van der Waals surface area contributed by atoms with Crippen LogP contribution in [0, 0.1) is 0 Å². The van der Waals surface area contributed by atoms with Gasteiger partial charge in [0, 0.05) is 23.5 Å². The van der Waals surface area contributed by atoms with Gasteiger partial charge in [-0.05, 0) is 41.4 Å². The van der Waals surface area contributed by atoms with E-state index >= 15 is 0 Å². The molecule has 1 N–H and O–H groups in total. The molecular weight excluding hydrogens is 424 g/mol. The Morgan fingerprint density at radius 1 is 0.885 bits per heavy atom. The first-order chi connectivity index (χ1) is 12.5. The minimum absolute atomic E-state index is 0.163. The fourth-order valence-electron chi connectivity index (χ4n) is 1.93. The van der Waals surface area contributed by atoms with Gasteiger partial charge in [-0.2, -0.15) is 0 Å². The summed E-state index contributed by atoms with van der Waals surface area (Å²) in [6.45, 7) is 0.175. The summed E-state index contributed by atoms with van der Waals surface area (Å²) in [6.07, 6.45) is 3.05. The Morgan fingerprint density at radius 3 is 2.27 bits per heavy atom. The van der Waals surface area contributed by atoms with E-state index in [-0.39, 0.29) is 17.4 Å². The van der Waals surface area contributed by atoms with Gasteiger partial charge in [-0.25, -0.2) is 19.9 Å². The molecule has 0 fully saturated rings. The third kappa shape index (κ3) is 4.98. The number of aromatic nitrogens is 4. The predicted molar refractivity (Wildman–Crippen MR) is 100.0 cm³/mol. The lowest BCUT2D eigenvalue weighted by atomic mass is 10.2. The van der Waals surface area contributed by atoms with E-state index in [2.05, 4.69) is 25.3 Å². The molecule has 0 spiro atoms. The molecule has 7 nitrogen and oxygen atoms in total. The van der Waals surface area contributed by atoms with E-state index in [9.17, 15) is 0 Å². The van der Waals surface area contributed by atoms with Crippen molar-refractivity contribution < 1.29 is 9.47 Å². The molecule has 0 unspecified atom stereocenters. The zero-order valence-electron chi connectivity index (χ0n) is 12.8. The Balaban J connectivity index is 0.000000206. The van der Waals surface area contributed by atoms with Gasteiger partial charge in [-0.3, -0.25) is 0 Å². The van der Waals surface area contributed by atoms with Crippen molar-refractivity contribution in [2.24, 2.45) is 0 Å². The van der Waals surface area contributed by atoms with Crippen molar-refractivity contribution >= 4 is 57.9 Å². The molecule has 1 aliphatic heterocycles. The molecule has 11 heteroatoms. The van der Waals surface area contributed by atoms with Crippen LogP contribution >= 0.6 is 46.4 Å². The van der Waals surface area contributed by atoms with Gasteiger partial charge in [0.25, 0.3) is 0 Å². The maximum atomic E-state index is 5.99. The predicted octanol–water partition coefficient (Wildman–Crippen LogP) is 5.04. The first-order valence-electron chi connectivity index (χ1n) is 7.00. The quantitative estimate of drug-likeness (QED) is 0.448. The number of ether oxygens (including phenoxy) is 2. The van der Waals surface area contributed by atoms with Gasteiger partial charge in [0.15, 0.2) is 11.5 Å². The van der Waals surface area contributed by atoms with Crippen LogP contribution in [0.2, 0.25) is 20.7 Å². The first kappa shape index (κ1) is 18.7. The largest absolute Gasteiger partial charge is 0.453 e. The minimum Gasteiger partial charge on any atom is -0.453 e. The monoisotopic (exact) mass is 431 g/mol. The van der Waals surface area contributed by atoms with Crippen LogP contribution in [0.15, 0.2) is 36.7 Å². The van der Waals surface area contributed by atoms with Gasteiger partial charge in [-0.15, -0.1) is 0 Å². The number of hydrogen-bond donors (Lipinski definition) is 1. The zero-order chi connectivity index (χ0) is 18.5. The summed E-state index contributed by atoms with van der Waals surface area (Å²) in [5.41, 5.74) is 0.671. The number of benzene rings is 1. The topological polar surface area (TPSA) is 82.1 Å². The van der Waals surface area contributed by atoms with Gasteiger partial charge < -0.3 is 14.8 Å². The summed E-state index contributed by atoms with van der Waals surface area (Å²) >= 11 is 22.5. The number of rotatable bonds is 2. The van der Waals surface area contributed by atoms with Gasteiger partial charge >= 0.3 is 0 Å². The summed E-state index contributed by atoms with van der Waals surface area (Å²) in [7, 11) is 0. The van der Waals surface area contributed by atoms with Crippen molar-refractivity contribution in [3.8, 4) is 11.5 Å². The summed E-state index contributed by atoms with van der Waals surface area (Å²) in [6, 6.07) is 6.68. The van der Waals surface area contributed by atoms with Crippen LogP contribution in [0.1, 0.15) is 0 Å². The van der Waals surface area contributed by atoms with E-state index in [0.717, 1.165) is 0 Å². The lowest BCUT2D eigenvalue weighted by molar-refractivity contribution is 0.174. The Hall–Kier alpha value is -2.06. The van der Waals surface area contributed by atoms with Crippen molar-refractivity contribution in [3.05, 3.63) is 57.4 Å². The molecule has 0 bridgehead atoms. The third-order valence-electron chi connectivity index (χ3n) is 2.92. The second-order valence-electron chi connectivity index (χ2n) is 4.67.